The highest BCUT2D eigenvalue weighted by atomic mass is 19.4. The van der Waals surface area contributed by atoms with Crippen LogP contribution in [0.1, 0.15) is 44.7 Å². The van der Waals surface area contributed by atoms with Crippen LogP contribution in [0.5, 0.6) is 0 Å². The number of fused-ring (bicyclic) bond motifs is 2. The van der Waals surface area contributed by atoms with Crippen LogP contribution < -0.4 is 0 Å². The van der Waals surface area contributed by atoms with Crippen molar-refractivity contribution in [2.45, 2.75) is 24.6 Å². The smallest absolute Gasteiger partial charge is 0.416 e. The SMILES string of the molecule is O=C1OC2(CCCN(C(=O)c3ccc(C(F)(F)F)cc3)C2)c2ccccc21. The summed E-state index contributed by atoms with van der Waals surface area (Å²) in [5.74, 6) is -0.780. The predicted octanol–water partition coefficient (Wildman–Crippen LogP) is 4.01. The molecule has 2 aliphatic heterocycles. The van der Waals surface area contributed by atoms with E-state index < -0.39 is 23.3 Å². The molecule has 0 saturated carbocycles. The topological polar surface area (TPSA) is 46.6 Å². The third-order valence-corrected chi connectivity index (χ3v) is 5.13. The van der Waals surface area contributed by atoms with Gasteiger partial charge in [0.1, 0.15) is 0 Å². The van der Waals surface area contributed by atoms with E-state index in [1.165, 1.54) is 12.1 Å². The normalized spacial score (nSPS) is 21.9. The minimum atomic E-state index is -4.45. The number of hydrogen-bond donors (Lipinski definition) is 0. The molecule has 2 aromatic rings. The zero-order valence-electron chi connectivity index (χ0n) is 14.3. The molecule has 4 nitrogen and oxygen atoms in total. The molecular weight excluding hydrogens is 359 g/mol. The first-order chi connectivity index (χ1) is 12.8. The number of carbonyl (C=O) groups is 2. The maximum absolute atomic E-state index is 12.8. The van der Waals surface area contributed by atoms with E-state index in [1.54, 1.807) is 17.0 Å². The highest BCUT2D eigenvalue weighted by Gasteiger charge is 2.48. The third kappa shape index (κ3) is 2.97. The molecule has 1 fully saturated rings. The molecule has 0 radical (unpaired) electrons. The van der Waals surface area contributed by atoms with E-state index in [9.17, 15) is 22.8 Å². The maximum atomic E-state index is 12.8. The summed E-state index contributed by atoms with van der Waals surface area (Å²) in [4.78, 5) is 26.5. The lowest BCUT2D eigenvalue weighted by molar-refractivity contribution is -0.137. The minimum Gasteiger partial charge on any atom is -0.449 e. The Bertz CT molecular complexity index is 907. The summed E-state index contributed by atoms with van der Waals surface area (Å²) in [6.07, 6.45) is -3.21. The van der Waals surface area contributed by atoms with Crippen LogP contribution in [0, 0.1) is 0 Å². The van der Waals surface area contributed by atoms with Crippen LogP contribution in [0.25, 0.3) is 0 Å². The molecule has 0 bridgehead atoms. The molecule has 1 spiro atoms. The summed E-state index contributed by atoms with van der Waals surface area (Å²) in [5, 5.41) is 0. The zero-order chi connectivity index (χ0) is 19.2. The maximum Gasteiger partial charge on any atom is 0.416 e. The van der Waals surface area contributed by atoms with Crippen molar-refractivity contribution < 1.29 is 27.5 Å². The first-order valence-corrected chi connectivity index (χ1v) is 8.60. The van der Waals surface area contributed by atoms with E-state index in [4.69, 9.17) is 4.74 Å². The molecule has 0 aliphatic carbocycles. The summed E-state index contributed by atoms with van der Waals surface area (Å²) in [5.41, 5.74) is -0.236. The van der Waals surface area contributed by atoms with Gasteiger partial charge in [0.15, 0.2) is 5.60 Å². The highest BCUT2D eigenvalue weighted by Crippen LogP contribution is 2.43. The van der Waals surface area contributed by atoms with Gasteiger partial charge in [-0.25, -0.2) is 4.79 Å². The van der Waals surface area contributed by atoms with Gasteiger partial charge in [-0.15, -0.1) is 0 Å². The molecule has 4 rings (SSSR count). The summed E-state index contributed by atoms with van der Waals surface area (Å²) < 4.78 is 43.8. The Kier molecular flexibility index (Phi) is 3.98. The van der Waals surface area contributed by atoms with E-state index in [0.717, 1.165) is 17.7 Å². The number of alkyl halides is 3. The fraction of sp³-hybridized carbons (Fsp3) is 0.300. The lowest BCUT2D eigenvalue weighted by Gasteiger charge is -2.39. The number of amides is 1. The number of halogens is 3. The predicted molar refractivity (Wildman–Crippen MR) is 90.1 cm³/mol. The first kappa shape index (κ1) is 17.6. The fourth-order valence-corrected chi connectivity index (χ4v) is 3.83. The number of benzene rings is 2. The number of rotatable bonds is 1. The standard InChI is InChI=1S/C20H16F3NO3/c21-20(22,23)14-8-6-13(7-9-14)17(25)24-11-3-10-19(12-24)16-5-2-1-4-15(16)18(26)27-19/h1-2,4-9H,3,10-12H2. The number of carbonyl (C=O) groups excluding carboxylic acids is 2. The van der Waals surface area contributed by atoms with Crippen LogP contribution in [0.2, 0.25) is 0 Å². The van der Waals surface area contributed by atoms with Crippen LogP contribution in [-0.2, 0) is 16.5 Å². The third-order valence-electron chi connectivity index (χ3n) is 5.13. The van der Waals surface area contributed by atoms with E-state index in [2.05, 4.69) is 0 Å². The van der Waals surface area contributed by atoms with Gasteiger partial charge >= 0.3 is 12.1 Å². The summed E-state index contributed by atoms with van der Waals surface area (Å²) in [7, 11) is 0. The monoisotopic (exact) mass is 375 g/mol. The number of esters is 1. The van der Waals surface area contributed by atoms with Crippen molar-refractivity contribution in [2.75, 3.05) is 13.1 Å². The van der Waals surface area contributed by atoms with Gasteiger partial charge in [0, 0.05) is 17.7 Å². The number of likely N-dealkylation sites (tertiary alicyclic amines) is 1. The van der Waals surface area contributed by atoms with Crippen molar-refractivity contribution in [1.82, 2.24) is 4.90 Å². The highest BCUT2D eigenvalue weighted by molar-refractivity contribution is 5.96. The van der Waals surface area contributed by atoms with E-state index in [1.807, 2.05) is 12.1 Å². The van der Waals surface area contributed by atoms with Gasteiger partial charge in [0.05, 0.1) is 17.7 Å². The second-order valence-electron chi connectivity index (χ2n) is 6.83. The second-order valence-corrected chi connectivity index (χ2v) is 6.83. The molecule has 0 N–H and O–H groups in total. The summed E-state index contributed by atoms with van der Waals surface area (Å²) in [6, 6.07) is 11.3. The first-order valence-electron chi connectivity index (χ1n) is 8.60. The van der Waals surface area contributed by atoms with Gasteiger partial charge in [-0.2, -0.15) is 13.2 Å². The quantitative estimate of drug-likeness (QED) is 0.708. The molecule has 1 atom stereocenters. The number of nitrogens with zero attached hydrogens (tertiary/aromatic N) is 1. The molecule has 1 saturated heterocycles. The van der Waals surface area contributed by atoms with Gasteiger partial charge in [0.2, 0.25) is 0 Å². The number of piperidine rings is 1. The Morgan fingerprint density at radius 2 is 1.78 bits per heavy atom. The molecule has 0 aromatic heterocycles. The Morgan fingerprint density at radius 3 is 2.48 bits per heavy atom. The van der Waals surface area contributed by atoms with Gasteiger partial charge in [-0.3, -0.25) is 4.79 Å². The van der Waals surface area contributed by atoms with Gasteiger partial charge < -0.3 is 9.64 Å². The average Bonchev–Trinajstić information content (AvgIpc) is 2.92. The Labute approximate surface area is 153 Å². The van der Waals surface area contributed by atoms with Crippen LogP contribution in [0.3, 0.4) is 0 Å². The van der Waals surface area contributed by atoms with Crippen molar-refractivity contribution in [3.05, 3.63) is 70.8 Å². The Morgan fingerprint density at radius 1 is 1.07 bits per heavy atom. The molecule has 140 valence electrons. The van der Waals surface area contributed by atoms with Crippen molar-refractivity contribution in [3.63, 3.8) is 0 Å². The summed E-state index contributed by atoms with van der Waals surface area (Å²) in [6.45, 7) is 0.650. The second kappa shape index (κ2) is 6.11. The lowest BCUT2D eigenvalue weighted by atomic mass is 9.85. The van der Waals surface area contributed by atoms with Gasteiger partial charge in [-0.1, -0.05) is 18.2 Å². The van der Waals surface area contributed by atoms with Crippen molar-refractivity contribution >= 4 is 11.9 Å². The Balaban J connectivity index is 1.59. The Hall–Kier alpha value is -2.83. The number of hydrogen-bond acceptors (Lipinski definition) is 3. The zero-order valence-corrected chi connectivity index (χ0v) is 14.3. The summed E-state index contributed by atoms with van der Waals surface area (Å²) >= 11 is 0. The molecular formula is C20H16F3NO3. The van der Waals surface area contributed by atoms with Crippen molar-refractivity contribution in [1.29, 1.82) is 0 Å². The van der Waals surface area contributed by atoms with E-state index in [-0.39, 0.29) is 18.0 Å². The molecule has 2 aliphatic rings. The van der Waals surface area contributed by atoms with Crippen LogP contribution in [-0.4, -0.2) is 29.9 Å². The molecule has 2 heterocycles. The molecule has 27 heavy (non-hydrogen) atoms. The molecule has 7 heteroatoms. The molecule has 1 unspecified atom stereocenters. The van der Waals surface area contributed by atoms with Crippen LogP contribution in [0.15, 0.2) is 48.5 Å². The largest absolute Gasteiger partial charge is 0.449 e. The average molecular weight is 375 g/mol. The van der Waals surface area contributed by atoms with Crippen LogP contribution in [0.4, 0.5) is 13.2 Å². The van der Waals surface area contributed by atoms with E-state index in [0.29, 0.717) is 24.9 Å². The van der Waals surface area contributed by atoms with E-state index >= 15 is 0 Å². The number of ether oxygens (including phenoxy) is 1. The fourth-order valence-electron chi connectivity index (χ4n) is 3.83. The van der Waals surface area contributed by atoms with Crippen molar-refractivity contribution in [2.24, 2.45) is 0 Å². The van der Waals surface area contributed by atoms with Crippen molar-refractivity contribution in [3.8, 4) is 0 Å². The lowest BCUT2D eigenvalue weighted by Crippen LogP contribution is -2.48. The molecule has 1 amide bonds. The van der Waals surface area contributed by atoms with Gasteiger partial charge in [-0.05, 0) is 43.2 Å². The van der Waals surface area contributed by atoms with Gasteiger partial charge in [0.25, 0.3) is 5.91 Å². The van der Waals surface area contributed by atoms with Crippen LogP contribution >= 0.6 is 0 Å². The molecule has 2 aromatic carbocycles. The minimum absolute atomic E-state index is 0.178.